The molecular formula is C21H17Cl3FNO2. The van der Waals surface area contributed by atoms with Gasteiger partial charge in [0.15, 0.2) is 11.5 Å². The first kappa shape index (κ1) is 20.6. The minimum Gasteiger partial charge on any atom is -0.493 e. The van der Waals surface area contributed by atoms with Crippen molar-refractivity contribution < 1.29 is 13.9 Å². The molecule has 0 bridgehead atoms. The Hall–Kier alpha value is -2.14. The molecule has 0 amide bonds. The molecule has 3 aromatic rings. The summed E-state index contributed by atoms with van der Waals surface area (Å²) in [6.45, 7) is 0.680. The first-order valence-electron chi connectivity index (χ1n) is 8.39. The van der Waals surface area contributed by atoms with Gasteiger partial charge in [-0.2, -0.15) is 0 Å². The SMILES string of the molecule is COc1cc(CNc2ccc(Cl)cc2)cc(Cl)c1OCc1ccc(F)cc1Cl. The van der Waals surface area contributed by atoms with E-state index in [1.165, 1.54) is 12.1 Å². The Balaban J connectivity index is 1.72. The first-order valence-corrected chi connectivity index (χ1v) is 9.52. The highest BCUT2D eigenvalue weighted by Crippen LogP contribution is 2.37. The molecule has 146 valence electrons. The maximum Gasteiger partial charge on any atom is 0.180 e. The molecule has 0 fully saturated rings. The molecule has 3 rings (SSSR count). The maximum absolute atomic E-state index is 13.2. The highest BCUT2D eigenvalue weighted by atomic mass is 35.5. The third-order valence-electron chi connectivity index (χ3n) is 4.02. The quantitative estimate of drug-likeness (QED) is 0.429. The van der Waals surface area contributed by atoms with E-state index in [9.17, 15) is 4.39 Å². The number of hydrogen-bond donors (Lipinski definition) is 1. The van der Waals surface area contributed by atoms with Crippen LogP contribution in [0.3, 0.4) is 0 Å². The lowest BCUT2D eigenvalue weighted by Gasteiger charge is -2.15. The molecule has 7 heteroatoms. The summed E-state index contributed by atoms with van der Waals surface area (Å²) in [6.07, 6.45) is 0. The van der Waals surface area contributed by atoms with Crippen molar-refractivity contribution >= 4 is 40.5 Å². The van der Waals surface area contributed by atoms with E-state index in [4.69, 9.17) is 44.3 Å². The van der Waals surface area contributed by atoms with Gasteiger partial charge in [-0.3, -0.25) is 0 Å². The lowest BCUT2D eigenvalue weighted by molar-refractivity contribution is 0.284. The van der Waals surface area contributed by atoms with E-state index in [2.05, 4.69) is 5.32 Å². The molecule has 0 saturated carbocycles. The summed E-state index contributed by atoms with van der Waals surface area (Å²) in [7, 11) is 1.54. The normalized spacial score (nSPS) is 10.6. The number of benzene rings is 3. The number of ether oxygens (including phenoxy) is 2. The van der Waals surface area contributed by atoms with Crippen LogP contribution >= 0.6 is 34.8 Å². The Morgan fingerprint density at radius 1 is 0.929 bits per heavy atom. The van der Waals surface area contributed by atoms with Gasteiger partial charge in [-0.05, 0) is 54.1 Å². The Bertz CT molecular complexity index is 965. The third-order valence-corrected chi connectivity index (χ3v) is 4.90. The van der Waals surface area contributed by atoms with Crippen molar-refractivity contribution in [3.63, 3.8) is 0 Å². The van der Waals surface area contributed by atoms with Crippen LogP contribution in [0.1, 0.15) is 11.1 Å². The predicted octanol–water partition coefficient (Wildman–Crippen LogP) is 6.99. The lowest BCUT2D eigenvalue weighted by Crippen LogP contribution is -2.03. The highest BCUT2D eigenvalue weighted by Gasteiger charge is 2.13. The van der Waals surface area contributed by atoms with Crippen molar-refractivity contribution in [1.29, 1.82) is 0 Å². The van der Waals surface area contributed by atoms with Gasteiger partial charge in [0.2, 0.25) is 0 Å². The second-order valence-corrected chi connectivity index (χ2v) is 7.24. The average Bonchev–Trinajstić information content (AvgIpc) is 2.67. The van der Waals surface area contributed by atoms with Gasteiger partial charge in [0, 0.05) is 22.8 Å². The van der Waals surface area contributed by atoms with Crippen molar-refractivity contribution in [3.05, 3.63) is 86.6 Å². The van der Waals surface area contributed by atoms with Crippen LogP contribution in [0.4, 0.5) is 10.1 Å². The van der Waals surface area contributed by atoms with E-state index < -0.39 is 5.82 Å². The second-order valence-electron chi connectivity index (χ2n) is 5.99. The molecule has 0 aliphatic rings. The molecule has 0 unspecified atom stereocenters. The van der Waals surface area contributed by atoms with Gasteiger partial charge in [0.05, 0.1) is 17.2 Å². The number of halogens is 4. The molecule has 3 nitrogen and oxygen atoms in total. The zero-order valence-electron chi connectivity index (χ0n) is 14.9. The molecule has 0 heterocycles. The highest BCUT2D eigenvalue weighted by molar-refractivity contribution is 6.32. The monoisotopic (exact) mass is 439 g/mol. The van der Waals surface area contributed by atoms with Crippen LogP contribution in [0, 0.1) is 5.82 Å². The summed E-state index contributed by atoms with van der Waals surface area (Å²) in [4.78, 5) is 0. The molecular weight excluding hydrogens is 424 g/mol. The summed E-state index contributed by atoms with van der Waals surface area (Å²) in [6, 6.07) is 15.2. The van der Waals surface area contributed by atoms with E-state index in [1.807, 2.05) is 30.3 Å². The van der Waals surface area contributed by atoms with Crippen LogP contribution in [-0.4, -0.2) is 7.11 Å². The third kappa shape index (κ3) is 5.22. The van der Waals surface area contributed by atoms with Gasteiger partial charge in [0.1, 0.15) is 12.4 Å². The van der Waals surface area contributed by atoms with E-state index in [-0.39, 0.29) is 6.61 Å². The van der Waals surface area contributed by atoms with Gasteiger partial charge in [-0.1, -0.05) is 40.9 Å². The van der Waals surface area contributed by atoms with Gasteiger partial charge in [-0.15, -0.1) is 0 Å². The average molecular weight is 441 g/mol. The van der Waals surface area contributed by atoms with E-state index in [0.717, 1.165) is 11.3 Å². The van der Waals surface area contributed by atoms with Crippen molar-refractivity contribution in [3.8, 4) is 11.5 Å². The molecule has 28 heavy (non-hydrogen) atoms. The summed E-state index contributed by atoms with van der Waals surface area (Å²) in [5.74, 6) is 0.500. The summed E-state index contributed by atoms with van der Waals surface area (Å²) < 4.78 is 24.4. The number of hydrogen-bond acceptors (Lipinski definition) is 3. The molecule has 0 atom stereocenters. The summed E-state index contributed by atoms with van der Waals surface area (Å²) >= 11 is 18.3. The molecule has 0 aromatic heterocycles. The van der Waals surface area contributed by atoms with Crippen molar-refractivity contribution in [2.75, 3.05) is 12.4 Å². The van der Waals surface area contributed by atoms with E-state index >= 15 is 0 Å². The topological polar surface area (TPSA) is 30.5 Å². The minimum absolute atomic E-state index is 0.136. The molecule has 0 saturated heterocycles. The van der Waals surface area contributed by atoms with Crippen LogP contribution in [0.15, 0.2) is 54.6 Å². The Morgan fingerprint density at radius 2 is 1.68 bits per heavy atom. The number of nitrogens with one attached hydrogen (secondary N) is 1. The Kier molecular flexibility index (Phi) is 6.89. The molecule has 0 aliphatic heterocycles. The number of methoxy groups -OCH3 is 1. The van der Waals surface area contributed by atoms with Crippen molar-refractivity contribution in [2.45, 2.75) is 13.2 Å². The zero-order valence-corrected chi connectivity index (χ0v) is 17.2. The standard InChI is InChI=1S/C21H17Cl3FNO2/c1-27-20-9-13(11-26-17-6-3-15(22)4-7-17)8-19(24)21(20)28-12-14-2-5-16(25)10-18(14)23/h2-10,26H,11-12H2,1H3. The predicted molar refractivity (Wildman–Crippen MR) is 113 cm³/mol. The van der Waals surface area contributed by atoms with Gasteiger partial charge in [-0.25, -0.2) is 4.39 Å². The maximum atomic E-state index is 13.2. The van der Waals surface area contributed by atoms with E-state index in [1.54, 1.807) is 19.2 Å². The number of rotatable bonds is 7. The van der Waals surface area contributed by atoms with Crippen LogP contribution in [-0.2, 0) is 13.2 Å². The van der Waals surface area contributed by atoms with Crippen molar-refractivity contribution in [1.82, 2.24) is 0 Å². The fourth-order valence-corrected chi connectivity index (χ4v) is 3.21. The fourth-order valence-electron chi connectivity index (χ4n) is 2.58. The van der Waals surface area contributed by atoms with Crippen LogP contribution in [0.5, 0.6) is 11.5 Å². The van der Waals surface area contributed by atoms with Gasteiger partial charge in [0.25, 0.3) is 0 Å². The smallest absolute Gasteiger partial charge is 0.180 e. The lowest BCUT2D eigenvalue weighted by atomic mass is 10.2. The van der Waals surface area contributed by atoms with Crippen LogP contribution < -0.4 is 14.8 Å². The summed E-state index contributed by atoms with van der Waals surface area (Å²) in [5.41, 5.74) is 2.50. The number of anilines is 1. The van der Waals surface area contributed by atoms with Gasteiger partial charge < -0.3 is 14.8 Å². The molecule has 0 aliphatic carbocycles. The molecule has 0 spiro atoms. The van der Waals surface area contributed by atoms with Gasteiger partial charge >= 0.3 is 0 Å². The largest absolute Gasteiger partial charge is 0.493 e. The Labute approximate surface area is 177 Å². The van der Waals surface area contributed by atoms with E-state index in [0.29, 0.717) is 38.7 Å². The van der Waals surface area contributed by atoms with Crippen LogP contribution in [0.25, 0.3) is 0 Å². The van der Waals surface area contributed by atoms with Crippen LogP contribution in [0.2, 0.25) is 15.1 Å². The fraction of sp³-hybridized carbons (Fsp3) is 0.143. The first-order chi connectivity index (χ1) is 13.5. The summed E-state index contributed by atoms with van der Waals surface area (Å²) in [5, 5.41) is 4.67. The molecule has 1 N–H and O–H groups in total. The molecule has 3 aromatic carbocycles. The minimum atomic E-state index is -0.401. The molecule has 0 radical (unpaired) electrons. The zero-order chi connectivity index (χ0) is 20.1. The van der Waals surface area contributed by atoms with Crippen molar-refractivity contribution in [2.24, 2.45) is 0 Å². The second kappa shape index (κ2) is 9.37. The Morgan fingerprint density at radius 3 is 2.36 bits per heavy atom.